The van der Waals surface area contributed by atoms with Crippen LogP contribution < -0.4 is 9.62 Å². The Morgan fingerprint density at radius 1 is 0.919 bits per heavy atom. The van der Waals surface area contributed by atoms with E-state index in [0.717, 1.165) is 4.31 Å². The number of likely N-dealkylation sites (N-methyl/N-ethyl adjacent to an activating group) is 1. The molecule has 3 aromatic rings. The summed E-state index contributed by atoms with van der Waals surface area (Å²) in [5, 5.41) is 3.26. The third-order valence-corrected chi connectivity index (χ3v) is 8.50. The highest BCUT2D eigenvalue weighted by Gasteiger charge is 2.34. The summed E-state index contributed by atoms with van der Waals surface area (Å²) in [7, 11) is -2.64. The monoisotopic (exact) mass is 561 g/mol. The van der Waals surface area contributed by atoms with E-state index >= 15 is 0 Å². The first kappa shape index (κ1) is 28.5. The van der Waals surface area contributed by atoms with Crippen LogP contribution in [0, 0.1) is 6.92 Å². The second-order valence-corrected chi connectivity index (χ2v) is 11.0. The van der Waals surface area contributed by atoms with Gasteiger partial charge in [0, 0.05) is 29.2 Å². The van der Waals surface area contributed by atoms with Crippen LogP contribution >= 0.6 is 23.2 Å². The van der Waals surface area contributed by atoms with Crippen molar-refractivity contribution in [3.05, 3.63) is 94.0 Å². The molecule has 0 aromatic heterocycles. The molecule has 3 rings (SSSR count). The number of sulfonamides is 1. The van der Waals surface area contributed by atoms with Gasteiger partial charge in [0.15, 0.2) is 0 Å². The number of halogens is 2. The predicted molar refractivity (Wildman–Crippen MR) is 147 cm³/mol. The fourth-order valence-corrected chi connectivity index (χ4v) is 6.03. The number of amides is 2. The van der Waals surface area contributed by atoms with Crippen molar-refractivity contribution in [2.45, 2.75) is 37.8 Å². The summed E-state index contributed by atoms with van der Waals surface area (Å²) < 4.78 is 28.6. The first-order valence-electron chi connectivity index (χ1n) is 11.7. The van der Waals surface area contributed by atoms with E-state index in [2.05, 4.69) is 5.32 Å². The van der Waals surface area contributed by atoms with Gasteiger partial charge in [0.1, 0.15) is 12.6 Å². The minimum absolute atomic E-state index is 0.0464. The van der Waals surface area contributed by atoms with E-state index in [1.54, 1.807) is 74.5 Å². The number of anilines is 1. The number of para-hydroxylation sites is 1. The number of nitrogens with one attached hydrogen (secondary N) is 1. The lowest BCUT2D eigenvalue weighted by Gasteiger charge is -2.33. The van der Waals surface area contributed by atoms with Crippen LogP contribution in [0.5, 0.6) is 0 Å². The lowest BCUT2D eigenvalue weighted by atomic mass is 10.1. The number of rotatable bonds is 10. The van der Waals surface area contributed by atoms with Crippen molar-refractivity contribution in [2.24, 2.45) is 0 Å². The molecule has 2 amide bonds. The molecule has 0 radical (unpaired) electrons. The molecule has 0 heterocycles. The zero-order chi connectivity index (χ0) is 27.2. The minimum Gasteiger partial charge on any atom is -0.357 e. The minimum atomic E-state index is -4.12. The molecule has 196 valence electrons. The Morgan fingerprint density at radius 2 is 1.51 bits per heavy atom. The Hall–Kier alpha value is -3.07. The van der Waals surface area contributed by atoms with Gasteiger partial charge in [0.2, 0.25) is 11.8 Å². The summed E-state index contributed by atoms with van der Waals surface area (Å²) in [5.41, 5.74) is 1.51. The quantitative estimate of drug-likeness (QED) is 0.375. The summed E-state index contributed by atoms with van der Waals surface area (Å²) in [5.74, 6) is -0.957. The molecule has 1 N–H and O–H groups in total. The normalized spacial score (nSPS) is 12.0. The van der Waals surface area contributed by atoms with Crippen LogP contribution in [0.4, 0.5) is 5.69 Å². The van der Waals surface area contributed by atoms with Crippen molar-refractivity contribution in [3.8, 4) is 0 Å². The molecule has 0 saturated carbocycles. The molecule has 10 heteroatoms. The number of carbonyl (C=O) groups excluding carboxylic acids is 2. The molecular formula is C27H29Cl2N3O4S. The average Bonchev–Trinajstić information content (AvgIpc) is 2.89. The van der Waals surface area contributed by atoms with Crippen molar-refractivity contribution < 1.29 is 18.0 Å². The lowest BCUT2D eigenvalue weighted by molar-refractivity contribution is -0.140. The van der Waals surface area contributed by atoms with Gasteiger partial charge in [-0.25, -0.2) is 8.42 Å². The zero-order valence-corrected chi connectivity index (χ0v) is 23.1. The average molecular weight is 563 g/mol. The lowest BCUT2D eigenvalue weighted by Crippen LogP contribution is -2.52. The number of nitrogens with zero attached hydrogens (tertiary/aromatic N) is 2. The SMILES string of the molecule is CC[C@@H](C(=O)NC)N(Cc1c(Cl)cccc1Cl)C(=O)CN(c1ccccc1C)S(=O)(=O)c1ccccc1. The van der Waals surface area contributed by atoms with E-state index < -0.39 is 28.5 Å². The fourth-order valence-electron chi connectivity index (χ4n) is 4.02. The van der Waals surface area contributed by atoms with Gasteiger partial charge < -0.3 is 10.2 Å². The van der Waals surface area contributed by atoms with Gasteiger partial charge in [-0.05, 0) is 49.2 Å². The van der Waals surface area contributed by atoms with Gasteiger partial charge in [-0.3, -0.25) is 13.9 Å². The standard InChI is InChI=1S/C27H29Cl2N3O4S/c1-4-24(27(34)30-3)31(17-21-22(28)14-10-15-23(21)29)26(33)18-32(25-16-9-8-11-19(25)2)37(35,36)20-12-6-5-7-13-20/h5-16,24H,4,17-18H2,1-3H3,(H,30,34)/t24-/m0/s1. The first-order chi connectivity index (χ1) is 17.6. The van der Waals surface area contributed by atoms with Crippen molar-refractivity contribution >= 4 is 50.7 Å². The van der Waals surface area contributed by atoms with Crippen LogP contribution in [0.1, 0.15) is 24.5 Å². The molecule has 0 bridgehead atoms. The number of hydrogen-bond donors (Lipinski definition) is 1. The van der Waals surface area contributed by atoms with Crippen molar-refractivity contribution in [3.63, 3.8) is 0 Å². The number of aryl methyl sites for hydroxylation is 1. The number of carbonyl (C=O) groups is 2. The maximum absolute atomic E-state index is 13.9. The van der Waals surface area contributed by atoms with E-state index in [1.807, 2.05) is 0 Å². The van der Waals surface area contributed by atoms with Crippen LogP contribution in [-0.4, -0.2) is 44.8 Å². The van der Waals surface area contributed by atoms with E-state index in [0.29, 0.717) is 33.3 Å². The van der Waals surface area contributed by atoms with Crippen LogP contribution in [0.15, 0.2) is 77.7 Å². The highest BCUT2D eigenvalue weighted by molar-refractivity contribution is 7.92. The second-order valence-electron chi connectivity index (χ2n) is 8.37. The van der Waals surface area contributed by atoms with Crippen LogP contribution in [-0.2, 0) is 26.2 Å². The molecule has 0 aliphatic carbocycles. The summed E-state index contributed by atoms with van der Waals surface area (Å²) in [6.45, 7) is 2.94. The largest absolute Gasteiger partial charge is 0.357 e. The fraction of sp³-hybridized carbons (Fsp3) is 0.259. The molecule has 0 fully saturated rings. The number of benzene rings is 3. The third-order valence-electron chi connectivity index (χ3n) is 6.02. The molecule has 37 heavy (non-hydrogen) atoms. The van der Waals surface area contributed by atoms with Crippen LogP contribution in [0.2, 0.25) is 10.0 Å². The van der Waals surface area contributed by atoms with E-state index in [9.17, 15) is 18.0 Å². The van der Waals surface area contributed by atoms with Gasteiger partial charge in [-0.1, -0.05) is 72.6 Å². The van der Waals surface area contributed by atoms with Gasteiger partial charge in [0.25, 0.3) is 10.0 Å². The molecule has 0 aliphatic rings. The Labute approximate surface area is 228 Å². The third kappa shape index (κ3) is 6.44. The predicted octanol–water partition coefficient (Wildman–Crippen LogP) is 5.05. The van der Waals surface area contributed by atoms with Gasteiger partial charge in [-0.15, -0.1) is 0 Å². The molecule has 0 unspecified atom stereocenters. The summed E-state index contributed by atoms with van der Waals surface area (Å²) in [6.07, 6.45) is 0.295. The molecule has 3 aromatic carbocycles. The Kier molecular flexibility index (Phi) is 9.59. The Bertz CT molecular complexity index is 1350. The maximum atomic E-state index is 13.9. The summed E-state index contributed by atoms with van der Waals surface area (Å²) in [6, 6.07) is 18.9. The summed E-state index contributed by atoms with van der Waals surface area (Å²) in [4.78, 5) is 28.1. The van der Waals surface area contributed by atoms with Crippen molar-refractivity contribution in [1.29, 1.82) is 0 Å². The zero-order valence-electron chi connectivity index (χ0n) is 20.8. The highest BCUT2D eigenvalue weighted by Crippen LogP contribution is 2.29. The number of hydrogen-bond acceptors (Lipinski definition) is 4. The van der Waals surface area contributed by atoms with Gasteiger partial charge in [0.05, 0.1) is 10.6 Å². The first-order valence-corrected chi connectivity index (χ1v) is 13.9. The highest BCUT2D eigenvalue weighted by atomic mass is 35.5. The summed E-state index contributed by atoms with van der Waals surface area (Å²) >= 11 is 12.8. The smallest absolute Gasteiger partial charge is 0.264 e. The Morgan fingerprint density at radius 3 is 2.08 bits per heavy atom. The van der Waals surface area contributed by atoms with Crippen molar-refractivity contribution in [1.82, 2.24) is 10.2 Å². The van der Waals surface area contributed by atoms with Crippen LogP contribution in [0.3, 0.4) is 0 Å². The molecule has 0 aliphatic heterocycles. The molecular weight excluding hydrogens is 533 g/mol. The van der Waals surface area contributed by atoms with Crippen molar-refractivity contribution in [2.75, 3.05) is 17.9 Å². The van der Waals surface area contributed by atoms with E-state index in [1.165, 1.54) is 24.1 Å². The van der Waals surface area contributed by atoms with E-state index in [-0.39, 0.29) is 17.3 Å². The van der Waals surface area contributed by atoms with E-state index in [4.69, 9.17) is 23.2 Å². The molecule has 7 nitrogen and oxygen atoms in total. The topological polar surface area (TPSA) is 86.8 Å². The van der Waals surface area contributed by atoms with Crippen LogP contribution in [0.25, 0.3) is 0 Å². The Balaban J connectivity index is 2.10. The second kappa shape index (κ2) is 12.4. The molecule has 1 atom stereocenters. The van der Waals surface area contributed by atoms with Gasteiger partial charge in [-0.2, -0.15) is 0 Å². The van der Waals surface area contributed by atoms with Gasteiger partial charge >= 0.3 is 0 Å². The molecule has 0 spiro atoms. The maximum Gasteiger partial charge on any atom is 0.264 e. The molecule has 0 saturated heterocycles.